The molecule has 118 valence electrons. The van der Waals surface area contributed by atoms with Crippen LogP contribution in [0.4, 0.5) is 0 Å². The summed E-state index contributed by atoms with van der Waals surface area (Å²) in [6, 6.07) is 0.352. The van der Waals surface area contributed by atoms with E-state index >= 15 is 0 Å². The zero-order chi connectivity index (χ0) is 14.8. The second kappa shape index (κ2) is 6.73. The van der Waals surface area contributed by atoms with Gasteiger partial charge in [0, 0.05) is 25.2 Å². The number of nitrogens with zero attached hydrogens (tertiary/aromatic N) is 2. The third kappa shape index (κ3) is 3.18. The first-order valence-electron chi connectivity index (χ1n) is 7.93. The molecule has 20 heavy (non-hydrogen) atoms. The maximum absolute atomic E-state index is 12.9. The van der Waals surface area contributed by atoms with Gasteiger partial charge in [0.1, 0.15) is 0 Å². The van der Waals surface area contributed by atoms with Gasteiger partial charge in [-0.15, -0.1) is 0 Å². The Labute approximate surface area is 123 Å². The molecular formula is C14H29N3O2S. The van der Waals surface area contributed by atoms with Gasteiger partial charge in [0.25, 0.3) is 10.2 Å². The summed E-state index contributed by atoms with van der Waals surface area (Å²) in [5, 5.41) is 3.19. The van der Waals surface area contributed by atoms with E-state index in [0.717, 1.165) is 38.6 Å². The fourth-order valence-electron chi connectivity index (χ4n) is 3.61. The maximum Gasteiger partial charge on any atom is 0.282 e. The van der Waals surface area contributed by atoms with Crippen molar-refractivity contribution in [3.05, 3.63) is 0 Å². The van der Waals surface area contributed by atoms with Gasteiger partial charge in [0.2, 0.25) is 0 Å². The van der Waals surface area contributed by atoms with Crippen molar-refractivity contribution in [1.82, 2.24) is 13.9 Å². The summed E-state index contributed by atoms with van der Waals surface area (Å²) in [5.41, 5.74) is 0. The predicted molar refractivity (Wildman–Crippen MR) is 81.8 cm³/mol. The number of piperidine rings is 1. The standard InChI is InChI=1S/C14H29N3O2S/c1-4-14-6-5-12(2)17(14)20(18,19)16-9-7-13(8-10-16)11-15-3/h12-15H,4-11H2,1-3H3. The quantitative estimate of drug-likeness (QED) is 0.836. The van der Waals surface area contributed by atoms with Gasteiger partial charge < -0.3 is 5.32 Å². The molecule has 0 radical (unpaired) electrons. The third-order valence-corrected chi connectivity index (χ3v) is 7.05. The first-order valence-corrected chi connectivity index (χ1v) is 9.33. The van der Waals surface area contributed by atoms with Crippen LogP contribution < -0.4 is 5.32 Å². The van der Waals surface area contributed by atoms with E-state index in [-0.39, 0.29) is 12.1 Å². The van der Waals surface area contributed by atoms with Crippen LogP contribution in [0.25, 0.3) is 0 Å². The molecule has 2 aliphatic rings. The zero-order valence-electron chi connectivity index (χ0n) is 13.0. The average molecular weight is 303 g/mol. The van der Waals surface area contributed by atoms with Gasteiger partial charge in [-0.25, -0.2) is 0 Å². The topological polar surface area (TPSA) is 52.7 Å². The van der Waals surface area contributed by atoms with E-state index in [1.807, 2.05) is 14.0 Å². The molecule has 2 fully saturated rings. The van der Waals surface area contributed by atoms with Gasteiger partial charge in [-0.2, -0.15) is 17.0 Å². The van der Waals surface area contributed by atoms with E-state index in [4.69, 9.17) is 0 Å². The lowest BCUT2D eigenvalue weighted by atomic mass is 9.98. The van der Waals surface area contributed by atoms with Crippen LogP contribution in [0.5, 0.6) is 0 Å². The highest BCUT2D eigenvalue weighted by Crippen LogP contribution is 2.32. The summed E-state index contributed by atoms with van der Waals surface area (Å²) < 4.78 is 29.2. The molecule has 0 spiro atoms. The fraction of sp³-hybridized carbons (Fsp3) is 1.00. The van der Waals surface area contributed by atoms with Gasteiger partial charge in [0.15, 0.2) is 0 Å². The number of hydrogen-bond acceptors (Lipinski definition) is 3. The van der Waals surface area contributed by atoms with Crippen LogP contribution >= 0.6 is 0 Å². The smallest absolute Gasteiger partial charge is 0.282 e. The van der Waals surface area contributed by atoms with Crippen molar-refractivity contribution in [1.29, 1.82) is 0 Å². The van der Waals surface area contributed by atoms with Crippen LogP contribution in [0.3, 0.4) is 0 Å². The Kier molecular flexibility index (Phi) is 5.45. The first kappa shape index (κ1) is 16.2. The highest BCUT2D eigenvalue weighted by atomic mass is 32.2. The molecule has 0 aromatic rings. The molecule has 0 aromatic carbocycles. The molecule has 0 aliphatic carbocycles. The van der Waals surface area contributed by atoms with Crippen molar-refractivity contribution in [3.63, 3.8) is 0 Å². The van der Waals surface area contributed by atoms with E-state index in [9.17, 15) is 8.42 Å². The first-order chi connectivity index (χ1) is 9.50. The molecule has 5 nitrogen and oxygen atoms in total. The fourth-order valence-corrected chi connectivity index (χ4v) is 5.74. The van der Waals surface area contributed by atoms with E-state index in [1.54, 1.807) is 8.61 Å². The minimum Gasteiger partial charge on any atom is -0.319 e. The molecule has 2 heterocycles. The Morgan fingerprint density at radius 1 is 1.15 bits per heavy atom. The number of rotatable bonds is 5. The molecule has 0 aromatic heterocycles. The summed E-state index contributed by atoms with van der Waals surface area (Å²) in [6.45, 7) is 6.47. The van der Waals surface area contributed by atoms with Crippen molar-refractivity contribution in [2.75, 3.05) is 26.7 Å². The summed E-state index contributed by atoms with van der Waals surface area (Å²) in [5.74, 6) is 0.615. The minimum absolute atomic E-state index is 0.153. The van der Waals surface area contributed by atoms with Gasteiger partial charge in [0.05, 0.1) is 0 Å². The van der Waals surface area contributed by atoms with Crippen LogP contribution in [0, 0.1) is 5.92 Å². The lowest BCUT2D eigenvalue weighted by molar-refractivity contribution is 0.236. The largest absolute Gasteiger partial charge is 0.319 e. The van der Waals surface area contributed by atoms with Gasteiger partial charge in [-0.1, -0.05) is 6.92 Å². The molecule has 1 N–H and O–H groups in total. The highest BCUT2D eigenvalue weighted by Gasteiger charge is 2.42. The average Bonchev–Trinajstić information content (AvgIpc) is 2.81. The molecule has 2 aliphatic heterocycles. The maximum atomic E-state index is 12.9. The van der Waals surface area contributed by atoms with Crippen LogP contribution in [0.1, 0.15) is 46.0 Å². The normalized spacial score (nSPS) is 30.9. The SMILES string of the molecule is CCC1CCC(C)N1S(=O)(=O)N1CCC(CNC)CC1. The molecule has 6 heteroatoms. The zero-order valence-corrected chi connectivity index (χ0v) is 13.8. The number of nitrogens with one attached hydrogen (secondary N) is 1. The van der Waals surface area contributed by atoms with Crippen molar-refractivity contribution in [2.24, 2.45) is 5.92 Å². The van der Waals surface area contributed by atoms with Crippen LogP contribution in [-0.4, -0.2) is 55.8 Å². The Bertz CT molecular complexity index is 405. The van der Waals surface area contributed by atoms with Gasteiger partial charge in [-0.3, -0.25) is 0 Å². The highest BCUT2D eigenvalue weighted by molar-refractivity contribution is 7.86. The molecular weight excluding hydrogens is 274 g/mol. The Hall–Kier alpha value is -0.170. The van der Waals surface area contributed by atoms with Crippen LogP contribution in [0.2, 0.25) is 0 Å². The van der Waals surface area contributed by atoms with Crippen molar-refractivity contribution in [3.8, 4) is 0 Å². The molecule has 0 bridgehead atoms. The molecule has 0 amide bonds. The Morgan fingerprint density at radius 2 is 1.80 bits per heavy atom. The molecule has 2 unspecified atom stereocenters. The van der Waals surface area contributed by atoms with E-state index < -0.39 is 10.2 Å². The van der Waals surface area contributed by atoms with Crippen molar-refractivity contribution in [2.45, 2.75) is 58.0 Å². The minimum atomic E-state index is -3.26. The summed E-state index contributed by atoms with van der Waals surface area (Å²) in [4.78, 5) is 0. The molecule has 2 rings (SSSR count). The van der Waals surface area contributed by atoms with E-state index in [2.05, 4.69) is 12.2 Å². The monoisotopic (exact) mass is 303 g/mol. The molecule has 0 saturated carbocycles. The Balaban J connectivity index is 2.04. The summed E-state index contributed by atoms with van der Waals surface area (Å²) in [6.07, 6.45) is 4.86. The lowest BCUT2D eigenvalue weighted by Crippen LogP contribution is -2.51. The lowest BCUT2D eigenvalue weighted by Gasteiger charge is -2.37. The summed E-state index contributed by atoms with van der Waals surface area (Å²) in [7, 11) is -1.31. The van der Waals surface area contributed by atoms with Gasteiger partial charge in [-0.05, 0) is 58.5 Å². The van der Waals surface area contributed by atoms with Gasteiger partial charge >= 0.3 is 0 Å². The number of hydrogen-bond donors (Lipinski definition) is 1. The second-order valence-electron chi connectivity index (χ2n) is 6.23. The second-order valence-corrected chi connectivity index (χ2v) is 8.06. The van der Waals surface area contributed by atoms with E-state index in [0.29, 0.717) is 19.0 Å². The van der Waals surface area contributed by atoms with Crippen molar-refractivity contribution < 1.29 is 8.42 Å². The van der Waals surface area contributed by atoms with Crippen LogP contribution in [-0.2, 0) is 10.2 Å². The van der Waals surface area contributed by atoms with Crippen molar-refractivity contribution >= 4 is 10.2 Å². The summed E-state index contributed by atoms with van der Waals surface area (Å²) >= 11 is 0. The Morgan fingerprint density at radius 3 is 2.35 bits per heavy atom. The van der Waals surface area contributed by atoms with E-state index in [1.165, 1.54) is 0 Å². The molecule has 2 saturated heterocycles. The van der Waals surface area contributed by atoms with Crippen LogP contribution in [0.15, 0.2) is 0 Å². The third-order valence-electron chi connectivity index (χ3n) is 4.84. The molecule has 2 atom stereocenters. The predicted octanol–water partition coefficient (Wildman–Crippen LogP) is 1.43.